The molecule has 1 heterocycles. The maximum atomic E-state index is 11.3. The number of hydrogen-bond donors (Lipinski definition) is 1. The maximum absolute atomic E-state index is 11.3. The fourth-order valence-electron chi connectivity index (χ4n) is 2.03. The van der Waals surface area contributed by atoms with Crippen molar-refractivity contribution in [2.24, 2.45) is 0 Å². The van der Waals surface area contributed by atoms with Crippen LogP contribution in [0.15, 0.2) is 41.0 Å². The second kappa shape index (κ2) is 6.08. The number of aromatic carboxylic acids is 1. The van der Waals surface area contributed by atoms with E-state index in [2.05, 4.69) is 0 Å². The molecule has 7 nitrogen and oxygen atoms in total. The van der Waals surface area contributed by atoms with Crippen molar-refractivity contribution in [3.8, 4) is 0 Å². The average molecular weight is 290 g/mol. The fraction of sp³-hybridized carbons (Fsp3) is 0.214. The predicted molar refractivity (Wildman–Crippen MR) is 75.5 cm³/mol. The van der Waals surface area contributed by atoms with Gasteiger partial charge in [-0.05, 0) is 25.1 Å². The van der Waals surface area contributed by atoms with Gasteiger partial charge in [-0.15, -0.1) is 0 Å². The largest absolute Gasteiger partial charge is 0.478 e. The lowest BCUT2D eigenvalue weighted by Crippen LogP contribution is -2.24. The Morgan fingerprint density at radius 2 is 2.19 bits per heavy atom. The van der Waals surface area contributed by atoms with Crippen LogP contribution >= 0.6 is 0 Å². The highest BCUT2D eigenvalue weighted by Gasteiger charge is 2.20. The molecule has 110 valence electrons. The average Bonchev–Trinajstić information content (AvgIpc) is 2.96. The summed E-state index contributed by atoms with van der Waals surface area (Å²) in [4.78, 5) is 23.4. The van der Waals surface area contributed by atoms with Gasteiger partial charge in [-0.1, -0.05) is 0 Å². The predicted octanol–water partition coefficient (Wildman–Crippen LogP) is 2.91. The number of carbonyl (C=O) groups is 1. The van der Waals surface area contributed by atoms with Gasteiger partial charge in [0.05, 0.1) is 29.0 Å². The zero-order valence-electron chi connectivity index (χ0n) is 11.4. The Morgan fingerprint density at radius 1 is 1.43 bits per heavy atom. The number of benzene rings is 1. The van der Waals surface area contributed by atoms with Crippen LogP contribution in [-0.2, 0) is 6.54 Å². The molecule has 0 unspecified atom stereocenters. The lowest BCUT2D eigenvalue weighted by Gasteiger charge is -2.23. The van der Waals surface area contributed by atoms with Gasteiger partial charge in [-0.3, -0.25) is 10.1 Å². The monoisotopic (exact) mass is 290 g/mol. The van der Waals surface area contributed by atoms with Gasteiger partial charge in [0.25, 0.3) is 5.69 Å². The quantitative estimate of drug-likeness (QED) is 0.649. The van der Waals surface area contributed by atoms with Gasteiger partial charge >= 0.3 is 5.97 Å². The van der Waals surface area contributed by atoms with Crippen molar-refractivity contribution in [3.05, 3.63) is 58.0 Å². The van der Waals surface area contributed by atoms with Crippen LogP contribution in [0.1, 0.15) is 23.0 Å². The molecule has 0 spiro atoms. The number of carboxylic acid groups (broad SMARTS) is 1. The Kier molecular flexibility index (Phi) is 4.22. The molecular weight excluding hydrogens is 276 g/mol. The van der Waals surface area contributed by atoms with Crippen molar-refractivity contribution in [1.82, 2.24) is 0 Å². The molecule has 2 rings (SSSR count). The zero-order chi connectivity index (χ0) is 15.4. The maximum Gasteiger partial charge on any atom is 0.337 e. The molecule has 0 atom stereocenters. The first kappa shape index (κ1) is 14.6. The standard InChI is InChI=1S/C14H14N2O5/c1-2-15(9-11-4-3-7-21-11)13-8-10(16(19)20)5-6-12(13)14(17)18/h3-8H,2,9H2,1H3,(H,17,18). The topological polar surface area (TPSA) is 96.8 Å². The Hall–Kier alpha value is -2.83. The van der Waals surface area contributed by atoms with E-state index in [4.69, 9.17) is 4.42 Å². The third-order valence-electron chi connectivity index (χ3n) is 3.07. The molecule has 0 saturated carbocycles. The van der Waals surface area contributed by atoms with E-state index >= 15 is 0 Å². The molecule has 2 aromatic rings. The molecule has 21 heavy (non-hydrogen) atoms. The number of anilines is 1. The third kappa shape index (κ3) is 3.19. The molecule has 0 saturated heterocycles. The van der Waals surface area contributed by atoms with Gasteiger partial charge in [-0.25, -0.2) is 4.79 Å². The summed E-state index contributed by atoms with van der Waals surface area (Å²) >= 11 is 0. The highest BCUT2D eigenvalue weighted by molar-refractivity contribution is 5.95. The number of hydrogen-bond acceptors (Lipinski definition) is 5. The first-order valence-electron chi connectivity index (χ1n) is 6.32. The van der Waals surface area contributed by atoms with Gasteiger partial charge in [0.15, 0.2) is 0 Å². The molecule has 1 N–H and O–H groups in total. The van der Waals surface area contributed by atoms with Crippen LogP contribution in [0.5, 0.6) is 0 Å². The molecule has 0 aliphatic heterocycles. The number of rotatable bonds is 6. The van der Waals surface area contributed by atoms with Crippen molar-refractivity contribution < 1.29 is 19.2 Å². The van der Waals surface area contributed by atoms with E-state index in [0.717, 1.165) is 0 Å². The molecule has 1 aromatic carbocycles. The second-order valence-corrected chi connectivity index (χ2v) is 4.36. The SMILES string of the molecule is CCN(Cc1ccco1)c1cc([N+](=O)[O-])ccc1C(=O)O. The Balaban J connectivity index is 2.44. The van der Waals surface area contributed by atoms with E-state index in [1.54, 1.807) is 17.0 Å². The molecule has 1 aromatic heterocycles. The lowest BCUT2D eigenvalue weighted by molar-refractivity contribution is -0.384. The van der Waals surface area contributed by atoms with Gasteiger partial charge in [0.1, 0.15) is 5.76 Å². The summed E-state index contributed by atoms with van der Waals surface area (Å²) in [6.45, 7) is 2.67. The number of nitro groups is 1. The van der Waals surface area contributed by atoms with E-state index in [1.165, 1.54) is 24.5 Å². The van der Waals surface area contributed by atoms with Crippen LogP contribution in [0.25, 0.3) is 0 Å². The van der Waals surface area contributed by atoms with Crippen LogP contribution in [0.3, 0.4) is 0 Å². The van der Waals surface area contributed by atoms with Crippen LogP contribution in [-0.4, -0.2) is 22.5 Å². The minimum atomic E-state index is -1.13. The number of non-ortho nitro benzene ring substituents is 1. The first-order valence-corrected chi connectivity index (χ1v) is 6.32. The molecule has 0 fully saturated rings. The summed E-state index contributed by atoms with van der Waals surface area (Å²) in [6.07, 6.45) is 1.52. The van der Waals surface area contributed by atoms with Crippen molar-refractivity contribution in [2.45, 2.75) is 13.5 Å². The van der Waals surface area contributed by atoms with E-state index in [-0.39, 0.29) is 11.3 Å². The molecule has 0 aliphatic rings. The van der Waals surface area contributed by atoms with E-state index in [9.17, 15) is 20.0 Å². The van der Waals surface area contributed by atoms with E-state index in [0.29, 0.717) is 24.5 Å². The molecule has 0 aliphatic carbocycles. The van der Waals surface area contributed by atoms with Crippen LogP contribution < -0.4 is 4.90 Å². The zero-order valence-corrected chi connectivity index (χ0v) is 11.4. The Labute approximate surface area is 120 Å². The molecule has 7 heteroatoms. The van der Waals surface area contributed by atoms with Crippen molar-refractivity contribution in [2.75, 3.05) is 11.4 Å². The first-order chi connectivity index (χ1) is 10.0. The summed E-state index contributed by atoms with van der Waals surface area (Å²) in [6, 6.07) is 7.21. The number of nitro benzene ring substituents is 1. The fourth-order valence-corrected chi connectivity index (χ4v) is 2.03. The molecular formula is C14H14N2O5. The van der Waals surface area contributed by atoms with Crippen molar-refractivity contribution >= 4 is 17.3 Å². The lowest BCUT2D eigenvalue weighted by atomic mass is 10.1. The van der Waals surface area contributed by atoms with Gasteiger partial charge in [-0.2, -0.15) is 0 Å². The minimum Gasteiger partial charge on any atom is -0.478 e. The van der Waals surface area contributed by atoms with E-state index in [1.807, 2.05) is 6.92 Å². The van der Waals surface area contributed by atoms with Crippen LogP contribution in [0, 0.1) is 10.1 Å². The van der Waals surface area contributed by atoms with Gasteiger partial charge < -0.3 is 14.4 Å². The highest BCUT2D eigenvalue weighted by atomic mass is 16.6. The molecule has 0 amide bonds. The molecule has 0 radical (unpaired) electrons. The summed E-state index contributed by atoms with van der Waals surface area (Å²) in [5, 5.41) is 20.1. The Morgan fingerprint density at radius 3 is 2.71 bits per heavy atom. The smallest absolute Gasteiger partial charge is 0.337 e. The van der Waals surface area contributed by atoms with Crippen molar-refractivity contribution in [1.29, 1.82) is 0 Å². The van der Waals surface area contributed by atoms with Gasteiger partial charge in [0, 0.05) is 18.7 Å². The number of furan rings is 1. The number of nitrogens with zero attached hydrogens (tertiary/aromatic N) is 2. The van der Waals surface area contributed by atoms with Crippen molar-refractivity contribution in [3.63, 3.8) is 0 Å². The van der Waals surface area contributed by atoms with E-state index < -0.39 is 10.9 Å². The summed E-state index contributed by atoms with van der Waals surface area (Å²) < 4.78 is 5.24. The van der Waals surface area contributed by atoms with Crippen LogP contribution in [0.4, 0.5) is 11.4 Å². The third-order valence-corrected chi connectivity index (χ3v) is 3.07. The summed E-state index contributed by atoms with van der Waals surface area (Å²) in [7, 11) is 0. The second-order valence-electron chi connectivity index (χ2n) is 4.36. The minimum absolute atomic E-state index is 0.0222. The van der Waals surface area contributed by atoms with Crippen LogP contribution in [0.2, 0.25) is 0 Å². The summed E-state index contributed by atoms with van der Waals surface area (Å²) in [5.74, 6) is -0.475. The molecule has 0 bridgehead atoms. The normalized spacial score (nSPS) is 10.3. The number of carboxylic acids is 1. The Bertz CT molecular complexity index is 651. The summed E-state index contributed by atoms with van der Waals surface area (Å²) in [5.41, 5.74) is 0.178. The van der Waals surface area contributed by atoms with Gasteiger partial charge in [0.2, 0.25) is 0 Å². The highest BCUT2D eigenvalue weighted by Crippen LogP contribution is 2.27.